The Morgan fingerprint density at radius 1 is 1.41 bits per heavy atom. The van der Waals surface area contributed by atoms with Crippen LogP contribution in [0.1, 0.15) is 6.92 Å². The van der Waals surface area contributed by atoms with Gasteiger partial charge in [-0.1, -0.05) is 12.2 Å². The summed E-state index contributed by atoms with van der Waals surface area (Å²) >= 11 is 0. The Hall–Kier alpha value is -2.11. The van der Waals surface area contributed by atoms with E-state index in [-0.39, 0.29) is 17.8 Å². The summed E-state index contributed by atoms with van der Waals surface area (Å²) in [6.07, 6.45) is 1.52. The summed E-state index contributed by atoms with van der Waals surface area (Å²) in [7, 11) is 3.33. The molecule has 0 fully saturated rings. The molecule has 0 saturated heterocycles. The quantitative estimate of drug-likeness (QED) is 0.688. The molecule has 6 nitrogen and oxygen atoms in total. The van der Waals surface area contributed by atoms with Crippen LogP contribution < -0.4 is 11.2 Å². The van der Waals surface area contributed by atoms with Crippen LogP contribution in [0.15, 0.2) is 28.1 Å². The number of aryl methyl sites for hydroxylation is 2. The zero-order valence-corrected chi connectivity index (χ0v) is 10.1. The van der Waals surface area contributed by atoms with Crippen LogP contribution in [0.5, 0.6) is 0 Å². The number of hydrogen-bond donors (Lipinski definition) is 0. The monoisotopic (exact) mass is 234 g/mol. The number of imidazole rings is 1. The summed E-state index contributed by atoms with van der Waals surface area (Å²) in [5.41, 5.74) is 0.884. The summed E-state index contributed by atoms with van der Waals surface area (Å²) in [4.78, 5) is 28.2. The minimum Gasteiger partial charge on any atom is -0.328 e. The van der Waals surface area contributed by atoms with Crippen LogP contribution in [-0.4, -0.2) is 18.7 Å². The van der Waals surface area contributed by atoms with E-state index in [1.165, 1.54) is 15.5 Å². The second-order valence-electron chi connectivity index (χ2n) is 4.22. The molecule has 2 heterocycles. The molecule has 0 saturated carbocycles. The van der Waals surface area contributed by atoms with Crippen molar-refractivity contribution in [2.24, 2.45) is 14.1 Å². The Morgan fingerprint density at radius 3 is 2.65 bits per heavy atom. The summed E-state index contributed by atoms with van der Waals surface area (Å²) < 4.78 is 4.16. The van der Waals surface area contributed by atoms with E-state index in [0.29, 0.717) is 11.2 Å². The first-order chi connectivity index (χ1) is 7.93. The number of aromatic nitrogens is 4. The third kappa shape index (κ3) is 1.61. The first kappa shape index (κ1) is 11.4. The third-order valence-electron chi connectivity index (χ3n) is 2.63. The van der Waals surface area contributed by atoms with E-state index in [9.17, 15) is 9.59 Å². The molecule has 6 heteroatoms. The number of hydrogen-bond acceptors (Lipinski definition) is 3. The van der Waals surface area contributed by atoms with Gasteiger partial charge in [0.25, 0.3) is 5.56 Å². The average Bonchev–Trinajstić information content (AvgIpc) is 2.63. The van der Waals surface area contributed by atoms with Gasteiger partial charge in [-0.25, -0.2) is 9.78 Å². The molecule has 0 aromatic carbocycles. The van der Waals surface area contributed by atoms with Crippen molar-refractivity contribution in [1.29, 1.82) is 0 Å². The van der Waals surface area contributed by atoms with Gasteiger partial charge in [-0.3, -0.25) is 13.9 Å². The molecule has 0 N–H and O–H groups in total. The third-order valence-corrected chi connectivity index (χ3v) is 2.63. The van der Waals surface area contributed by atoms with E-state index in [4.69, 9.17) is 0 Å². The van der Waals surface area contributed by atoms with Gasteiger partial charge in [-0.05, 0) is 6.92 Å². The molecule has 0 amide bonds. The Kier molecular flexibility index (Phi) is 2.49. The van der Waals surface area contributed by atoms with Gasteiger partial charge in [0.1, 0.15) is 0 Å². The number of rotatable bonds is 2. The lowest BCUT2D eigenvalue weighted by Gasteiger charge is -2.07. The standard InChI is InChI=1S/C11H14N4O2/c1-7(2)5-15-10(16)8-9(12-6-13(8)3)14(4)11(15)17/h6H,1,5H2,2-4H3. The van der Waals surface area contributed by atoms with Crippen molar-refractivity contribution in [1.82, 2.24) is 18.7 Å². The van der Waals surface area contributed by atoms with Gasteiger partial charge in [-0.2, -0.15) is 0 Å². The van der Waals surface area contributed by atoms with E-state index >= 15 is 0 Å². The highest BCUT2D eigenvalue weighted by Crippen LogP contribution is 2.03. The van der Waals surface area contributed by atoms with Crippen molar-refractivity contribution < 1.29 is 0 Å². The Balaban J connectivity index is 2.94. The fourth-order valence-corrected chi connectivity index (χ4v) is 1.81. The highest BCUT2D eigenvalue weighted by molar-refractivity contribution is 5.69. The van der Waals surface area contributed by atoms with Crippen molar-refractivity contribution in [3.8, 4) is 0 Å². The summed E-state index contributed by atoms with van der Waals surface area (Å²) in [5, 5.41) is 0. The predicted octanol–water partition coefficient (Wildman–Crippen LogP) is 0.00980. The summed E-state index contributed by atoms with van der Waals surface area (Å²) in [6, 6.07) is 0. The Bertz CT molecular complexity index is 717. The number of allylic oxidation sites excluding steroid dienone is 1. The largest absolute Gasteiger partial charge is 0.332 e. The van der Waals surface area contributed by atoms with Crippen molar-refractivity contribution in [2.45, 2.75) is 13.5 Å². The highest BCUT2D eigenvalue weighted by atomic mass is 16.2. The molecule has 2 aromatic rings. The van der Waals surface area contributed by atoms with E-state index in [1.54, 1.807) is 25.6 Å². The molecule has 90 valence electrons. The zero-order chi connectivity index (χ0) is 12.7. The maximum atomic E-state index is 12.2. The Morgan fingerprint density at radius 2 is 2.06 bits per heavy atom. The molecule has 0 aliphatic heterocycles. The van der Waals surface area contributed by atoms with Gasteiger partial charge in [0.2, 0.25) is 0 Å². The second-order valence-corrected chi connectivity index (χ2v) is 4.22. The zero-order valence-electron chi connectivity index (χ0n) is 10.1. The van der Waals surface area contributed by atoms with Crippen molar-refractivity contribution in [2.75, 3.05) is 0 Å². The lowest BCUT2D eigenvalue weighted by atomic mass is 10.3. The van der Waals surface area contributed by atoms with Gasteiger partial charge in [0.05, 0.1) is 12.9 Å². The second kappa shape index (κ2) is 3.73. The molecule has 2 rings (SSSR count). The van der Waals surface area contributed by atoms with Gasteiger partial charge in [0.15, 0.2) is 11.2 Å². The number of nitrogens with zero attached hydrogens (tertiary/aromatic N) is 4. The molecule has 0 spiro atoms. The fraction of sp³-hybridized carbons (Fsp3) is 0.364. The minimum absolute atomic E-state index is 0.229. The smallest absolute Gasteiger partial charge is 0.328 e. The van der Waals surface area contributed by atoms with Crippen molar-refractivity contribution in [3.63, 3.8) is 0 Å². The van der Waals surface area contributed by atoms with Crippen LogP contribution in [0.3, 0.4) is 0 Å². The minimum atomic E-state index is -0.371. The molecule has 17 heavy (non-hydrogen) atoms. The molecule has 0 bridgehead atoms. The van der Waals surface area contributed by atoms with Gasteiger partial charge in [0, 0.05) is 14.1 Å². The lowest BCUT2D eigenvalue weighted by Crippen LogP contribution is -2.39. The van der Waals surface area contributed by atoms with Crippen LogP contribution in [0.2, 0.25) is 0 Å². The molecule has 2 aromatic heterocycles. The maximum absolute atomic E-state index is 12.2. The molecular weight excluding hydrogens is 220 g/mol. The maximum Gasteiger partial charge on any atom is 0.332 e. The molecule has 0 unspecified atom stereocenters. The molecular formula is C11H14N4O2. The average molecular weight is 234 g/mol. The highest BCUT2D eigenvalue weighted by Gasteiger charge is 2.14. The van der Waals surface area contributed by atoms with Gasteiger partial charge < -0.3 is 4.57 Å². The topological polar surface area (TPSA) is 61.8 Å². The van der Waals surface area contributed by atoms with Crippen LogP contribution in [0.25, 0.3) is 11.2 Å². The lowest BCUT2D eigenvalue weighted by molar-refractivity contribution is 0.649. The molecule has 0 aliphatic carbocycles. The molecule has 0 radical (unpaired) electrons. The summed E-state index contributed by atoms with van der Waals surface area (Å²) in [5.74, 6) is 0. The van der Waals surface area contributed by atoms with Crippen LogP contribution in [-0.2, 0) is 20.6 Å². The van der Waals surface area contributed by atoms with Crippen LogP contribution >= 0.6 is 0 Å². The van der Waals surface area contributed by atoms with E-state index in [2.05, 4.69) is 11.6 Å². The predicted molar refractivity (Wildman–Crippen MR) is 65.0 cm³/mol. The van der Waals surface area contributed by atoms with Crippen LogP contribution in [0.4, 0.5) is 0 Å². The normalized spacial score (nSPS) is 11.0. The number of fused-ring (bicyclic) bond motifs is 1. The SMILES string of the molecule is C=C(C)Cn1c(=O)c2c(ncn2C)n(C)c1=O. The fourth-order valence-electron chi connectivity index (χ4n) is 1.81. The van der Waals surface area contributed by atoms with E-state index < -0.39 is 0 Å². The van der Waals surface area contributed by atoms with Gasteiger partial charge >= 0.3 is 5.69 Å². The van der Waals surface area contributed by atoms with E-state index in [0.717, 1.165) is 5.57 Å². The van der Waals surface area contributed by atoms with Gasteiger partial charge in [-0.15, -0.1) is 0 Å². The van der Waals surface area contributed by atoms with E-state index in [1.807, 2.05) is 0 Å². The van der Waals surface area contributed by atoms with Crippen molar-refractivity contribution in [3.05, 3.63) is 39.3 Å². The van der Waals surface area contributed by atoms with Crippen molar-refractivity contribution >= 4 is 11.2 Å². The first-order valence-corrected chi connectivity index (χ1v) is 5.18. The van der Waals surface area contributed by atoms with Crippen LogP contribution in [0, 0.1) is 0 Å². The summed E-state index contributed by atoms with van der Waals surface area (Å²) in [6.45, 7) is 5.73. The Labute approximate surface area is 97.4 Å². The molecule has 0 aliphatic rings. The first-order valence-electron chi connectivity index (χ1n) is 5.18. The molecule has 0 atom stereocenters.